The molecule has 0 radical (unpaired) electrons. The number of imidazole rings is 1. The predicted molar refractivity (Wildman–Crippen MR) is 50.7 cm³/mol. The maximum absolute atomic E-state index is 11.3. The van der Waals surface area contributed by atoms with Crippen LogP contribution >= 0.6 is 0 Å². The molecule has 4 heteroatoms. The molecule has 0 saturated carbocycles. The quantitative estimate of drug-likeness (QED) is 0.750. The molecule has 72 valence electrons. The first-order valence-corrected chi connectivity index (χ1v) is 4.51. The molecule has 0 aliphatic carbocycles. The number of carbonyl (C=O) groups excluding carboxylic acids is 1. The molecule has 0 saturated heterocycles. The number of rotatable bonds is 3. The van der Waals surface area contributed by atoms with Crippen LogP contribution < -0.4 is 5.32 Å². The number of aryl methyl sites for hydroxylation is 1. The Morgan fingerprint density at radius 1 is 1.62 bits per heavy atom. The molecule has 0 aliphatic heterocycles. The first kappa shape index (κ1) is 9.77. The summed E-state index contributed by atoms with van der Waals surface area (Å²) in [7, 11) is 1.61. The smallest absolute Gasteiger partial charge is 0.287 e. The standard InChI is InChI=1S/C9H15N3O/c1-4-7-6-11-8(9(13)10-3)12(7)5-2/h6H,4-5H2,1-3H3,(H,10,13). The molecule has 4 nitrogen and oxygen atoms in total. The second-order valence-corrected chi connectivity index (χ2v) is 2.75. The molecule has 1 rings (SSSR count). The van der Waals surface area contributed by atoms with Crippen LogP contribution in [-0.4, -0.2) is 22.5 Å². The monoisotopic (exact) mass is 181 g/mol. The van der Waals surface area contributed by atoms with Crippen LogP contribution in [0.3, 0.4) is 0 Å². The van der Waals surface area contributed by atoms with E-state index < -0.39 is 0 Å². The van der Waals surface area contributed by atoms with E-state index >= 15 is 0 Å². The van der Waals surface area contributed by atoms with Gasteiger partial charge in [0.1, 0.15) is 0 Å². The van der Waals surface area contributed by atoms with Gasteiger partial charge in [-0.25, -0.2) is 4.98 Å². The van der Waals surface area contributed by atoms with Gasteiger partial charge in [0.05, 0.1) is 0 Å². The van der Waals surface area contributed by atoms with Crippen molar-refractivity contribution >= 4 is 5.91 Å². The summed E-state index contributed by atoms with van der Waals surface area (Å²) in [5.41, 5.74) is 1.10. The molecule has 1 N–H and O–H groups in total. The van der Waals surface area contributed by atoms with Crippen LogP contribution in [0.25, 0.3) is 0 Å². The second kappa shape index (κ2) is 4.07. The van der Waals surface area contributed by atoms with Crippen molar-refractivity contribution in [3.63, 3.8) is 0 Å². The maximum Gasteiger partial charge on any atom is 0.287 e. The third-order valence-electron chi connectivity index (χ3n) is 2.05. The first-order chi connectivity index (χ1) is 6.24. The fourth-order valence-electron chi connectivity index (χ4n) is 1.34. The van der Waals surface area contributed by atoms with Gasteiger partial charge in [0.15, 0.2) is 5.82 Å². The van der Waals surface area contributed by atoms with Crippen molar-refractivity contribution in [1.82, 2.24) is 14.9 Å². The number of aromatic nitrogens is 2. The van der Waals surface area contributed by atoms with Gasteiger partial charge in [-0.05, 0) is 13.3 Å². The minimum absolute atomic E-state index is 0.124. The van der Waals surface area contributed by atoms with E-state index in [1.54, 1.807) is 13.2 Å². The Labute approximate surface area is 78.0 Å². The summed E-state index contributed by atoms with van der Waals surface area (Å²) in [6.07, 6.45) is 2.66. The van der Waals surface area contributed by atoms with E-state index in [0.29, 0.717) is 5.82 Å². The number of nitrogens with one attached hydrogen (secondary N) is 1. The molecule has 1 aromatic rings. The highest BCUT2D eigenvalue weighted by Crippen LogP contribution is 2.05. The molecule has 0 aliphatic rings. The Bertz CT molecular complexity index is 304. The van der Waals surface area contributed by atoms with E-state index in [-0.39, 0.29) is 5.91 Å². The minimum atomic E-state index is -0.124. The summed E-state index contributed by atoms with van der Waals surface area (Å²) in [6, 6.07) is 0. The SMILES string of the molecule is CCc1cnc(C(=O)NC)n1CC. The minimum Gasteiger partial charge on any atom is -0.352 e. The number of hydrogen-bond acceptors (Lipinski definition) is 2. The van der Waals surface area contributed by atoms with Gasteiger partial charge in [0, 0.05) is 25.5 Å². The van der Waals surface area contributed by atoms with Gasteiger partial charge in [0.2, 0.25) is 0 Å². The summed E-state index contributed by atoms with van der Waals surface area (Å²) < 4.78 is 1.93. The highest BCUT2D eigenvalue weighted by molar-refractivity contribution is 5.90. The van der Waals surface area contributed by atoms with Gasteiger partial charge < -0.3 is 9.88 Å². The fraction of sp³-hybridized carbons (Fsp3) is 0.556. The summed E-state index contributed by atoms with van der Waals surface area (Å²) in [6.45, 7) is 4.84. The predicted octanol–water partition coefficient (Wildman–Crippen LogP) is 0.825. The van der Waals surface area contributed by atoms with Gasteiger partial charge in [-0.1, -0.05) is 6.92 Å². The van der Waals surface area contributed by atoms with E-state index in [1.807, 2.05) is 11.5 Å². The van der Waals surface area contributed by atoms with E-state index in [4.69, 9.17) is 0 Å². The highest BCUT2D eigenvalue weighted by atomic mass is 16.2. The van der Waals surface area contributed by atoms with Crippen LogP contribution in [0.15, 0.2) is 6.20 Å². The lowest BCUT2D eigenvalue weighted by Crippen LogP contribution is -2.23. The van der Waals surface area contributed by atoms with Crippen molar-refractivity contribution in [2.75, 3.05) is 7.05 Å². The molecular weight excluding hydrogens is 166 g/mol. The zero-order valence-corrected chi connectivity index (χ0v) is 8.29. The van der Waals surface area contributed by atoms with Crippen LogP contribution in [0.5, 0.6) is 0 Å². The van der Waals surface area contributed by atoms with Gasteiger partial charge in [0.25, 0.3) is 5.91 Å². The number of hydrogen-bond donors (Lipinski definition) is 1. The van der Waals surface area contributed by atoms with Crippen LogP contribution in [0.1, 0.15) is 30.2 Å². The van der Waals surface area contributed by atoms with Crippen molar-refractivity contribution in [2.45, 2.75) is 26.8 Å². The fourth-order valence-corrected chi connectivity index (χ4v) is 1.34. The highest BCUT2D eigenvalue weighted by Gasteiger charge is 2.12. The number of carbonyl (C=O) groups is 1. The molecule has 0 aromatic carbocycles. The molecule has 0 atom stereocenters. The van der Waals surface area contributed by atoms with Crippen molar-refractivity contribution < 1.29 is 4.79 Å². The largest absolute Gasteiger partial charge is 0.352 e. The number of amides is 1. The lowest BCUT2D eigenvalue weighted by atomic mass is 10.3. The first-order valence-electron chi connectivity index (χ1n) is 4.51. The van der Waals surface area contributed by atoms with Gasteiger partial charge in [-0.15, -0.1) is 0 Å². The van der Waals surface area contributed by atoms with Gasteiger partial charge in [-0.3, -0.25) is 4.79 Å². The topological polar surface area (TPSA) is 46.9 Å². The molecule has 1 aromatic heterocycles. The molecule has 1 heterocycles. The Morgan fingerprint density at radius 2 is 2.31 bits per heavy atom. The lowest BCUT2D eigenvalue weighted by molar-refractivity contribution is 0.0948. The van der Waals surface area contributed by atoms with Crippen LogP contribution in [0, 0.1) is 0 Å². The Hall–Kier alpha value is -1.32. The van der Waals surface area contributed by atoms with Crippen LogP contribution in [0.4, 0.5) is 0 Å². The average molecular weight is 181 g/mol. The Balaban J connectivity index is 3.07. The molecule has 0 unspecified atom stereocenters. The van der Waals surface area contributed by atoms with Crippen molar-refractivity contribution in [2.24, 2.45) is 0 Å². The summed E-state index contributed by atoms with van der Waals surface area (Å²) in [5, 5.41) is 2.57. The maximum atomic E-state index is 11.3. The Kier molecular flexibility index (Phi) is 3.06. The molecule has 1 amide bonds. The zero-order chi connectivity index (χ0) is 9.84. The summed E-state index contributed by atoms with van der Waals surface area (Å²) in [5.74, 6) is 0.378. The van der Waals surface area contributed by atoms with E-state index in [9.17, 15) is 4.79 Å². The molecular formula is C9H15N3O. The van der Waals surface area contributed by atoms with E-state index in [2.05, 4.69) is 17.2 Å². The third-order valence-corrected chi connectivity index (χ3v) is 2.05. The molecule has 0 spiro atoms. The lowest BCUT2D eigenvalue weighted by Gasteiger charge is -2.06. The van der Waals surface area contributed by atoms with Crippen molar-refractivity contribution in [1.29, 1.82) is 0 Å². The van der Waals surface area contributed by atoms with E-state index in [0.717, 1.165) is 18.7 Å². The van der Waals surface area contributed by atoms with Crippen LogP contribution in [-0.2, 0) is 13.0 Å². The van der Waals surface area contributed by atoms with Crippen molar-refractivity contribution in [3.8, 4) is 0 Å². The van der Waals surface area contributed by atoms with E-state index in [1.165, 1.54) is 0 Å². The summed E-state index contributed by atoms with van der Waals surface area (Å²) in [4.78, 5) is 15.4. The second-order valence-electron chi connectivity index (χ2n) is 2.75. The van der Waals surface area contributed by atoms with Gasteiger partial charge >= 0.3 is 0 Å². The van der Waals surface area contributed by atoms with Gasteiger partial charge in [-0.2, -0.15) is 0 Å². The number of nitrogens with zero attached hydrogens (tertiary/aromatic N) is 2. The zero-order valence-electron chi connectivity index (χ0n) is 8.29. The molecule has 0 bridgehead atoms. The third kappa shape index (κ3) is 1.71. The van der Waals surface area contributed by atoms with Crippen LogP contribution in [0.2, 0.25) is 0 Å². The average Bonchev–Trinajstić information content (AvgIpc) is 2.58. The van der Waals surface area contributed by atoms with Crippen molar-refractivity contribution in [3.05, 3.63) is 17.7 Å². The molecule has 0 fully saturated rings. The normalized spacial score (nSPS) is 10.1. The summed E-state index contributed by atoms with van der Waals surface area (Å²) >= 11 is 0. The Morgan fingerprint density at radius 3 is 2.77 bits per heavy atom. The molecule has 13 heavy (non-hydrogen) atoms.